The number of hydrogen-bond donors (Lipinski definition) is 2. The Morgan fingerprint density at radius 3 is 2.59 bits per heavy atom. The maximum atomic E-state index is 12.2. The van der Waals surface area contributed by atoms with E-state index in [1.807, 2.05) is 13.8 Å². The van der Waals surface area contributed by atoms with Crippen molar-refractivity contribution < 1.29 is 28.9 Å². The summed E-state index contributed by atoms with van der Waals surface area (Å²) in [6, 6.07) is 8.01. The molecule has 2 aromatic rings. The number of carbonyl (C=O) groups is 1. The van der Waals surface area contributed by atoms with Gasteiger partial charge in [-0.05, 0) is 26.8 Å². The normalized spacial score (nSPS) is 12.0. The maximum Gasteiger partial charge on any atom is 0.306 e. The van der Waals surface area contributed by atoms with E-state index in [0.29, 0.717) is 11.3 Å². The monoisotopic (exact) mass is 376 g/mol. The maximum absolute atomic E-state index is 12.2. The van der Waals surface area contributed by atoms with Crippen molar-refractivity contribution in [3.63, 3.8) is 0 Å². The number of hydrogen-bond acceptors (Lipinski definition) is 7. The van der Waals surface area contributed by atoms with Gasteiger partial charge >= 0.3 is 5.97 Å². The zero-order valence-electron chi connectivity index (χ0n) is 15.6. The van der Waals surface area contributed by atoms with Crippen molar-refractivity contribution in [2.75, 3.05) is 6.61 Å². The summed E-state index contributed by atoms with van der Waals surface area (Å²) < 4.78 is 16.4. The van der Waals surface area contributed by atoms with E-state index >= 15 is 0 Å². The van der Waals surface area contributed by atoms with Gasteiger partial charge in [-0.15, -0.1) is 0 Å². The minimum absolute atomic E-state index is 0.0103. The third kappa shape index (κ3) is 5.10. The molecule has 0 saturated heterocycles. The van der Waals surface area contributed by atoms with Crippen LogP contribution in [-0.4, -0.2) is 28.9 Å². The predicted molar refractivity (Wildman–Crippen MR) is 97.9 cm³/mol. The molecule has 2 rings (SSSR count). The van der Waals surface area contributed by atoms with E-state index in [4.69, 9.17) is 13.9 Å². The molecule has 1 atom stereocenters. The molecular formula is C20H24O7. The van der Waals surface area contributed by atoms with Crippen LogP contribution < -0.4 is 10.2 Å². The Bertz CT molecular complexity index is 838. The summed E-state index contributed by atoms with van der Waals surface area (Å²) >= 11 is 0. The Balaban J connectivity index is 2.62. The standard InChI is InChI=1S/C20H24O7/c1-4-25-18(23)10-15(14-7-5-6-8-17(14)26-12(2)3)20-19(24)16(22)9-13(11-21)27-20/h5-9,12,15,21,24H,4,10-11H2,1-3H3. The molecule has 1 aromatic heterocycles. The van der Waals surface area contributed by atoms with Crippen LogP contribution in [0.2, 0.25) is 0 Å². The van der Waals surface area contributed by atoms with Crippen LogP contribution in [0.1, 0.15) is 50.2 Å². The first-order valence-corrected chi connectivity index (χ1v) is 8.75. The van der Waals surface area contributed by atoms with Crippen LogP contribution >= 0.6 is 0 Å². The van der Waals surface area contributed by atoms with Crippen molar-refractivity contribution in [3.05, 3.63) is 57.6 Å². The molecule has 0 saturated carbocycles. The number of ether oxygens (including phenoxy) is 2. The first kappa shape index (κ1) is 20.5. The molecule has 0 spiro atoms. The van der Waals surface area contributed by atoms with Crippen LogP contribution in [0.4, 0.5) is 0 Å². The second-order valence-corrected chi connectivity index (χ2v) is 6.21. The topological polar surface area (TPSA) is 106 Å². The Hall–Kier alpha value is -2.80. The van der Waals surface area contributed by atoms with Gasteiger partial charge in [-0.2, -0.15) is 0 Å². The number of aliphatic hydroxyl groups is 1. The number of aliphatic hydroxyl groups excluding tert-OH is 1. The molecule has 0 bridgehead atoms. The van der Waals surface area contributed by atoms with Crippen molar-refractivity contribution in [1.82, 2.24) is 0 Å². The average molecular weight is 376 g/mol. The van der Waals surface area contributed by atoms with Gasteiger partial charge in [0.15, 0.2) is 5.76 Å². The molecule has 0 aliphatic rings. The van der Waals surface area contributed by atoms with E-state index in [2.05, 4.69) is 0 Å². The molecule has 1 heterocycles. The first-order chi connectivity index (χ1) is 12.9. The number of carbonyl (C=O) groups excluding carboxylic acids is 1. The minimum Gasteiger partial charge on any atom is -0.502 e. The molecule has 7 heteroatoms. The van der Waals surface area contributed by atoms with E-state index in [9.17, 15) is 19.8 Å². The lowest BCUT2D eigenvalue weighted by Gasteiger charge is -2.21. The lowest BCUT2D eigenvalue weighted by Crippen LogP contribution is -2.16. The molecule has 27 heavy (non-hydrogen) atoms. The average Bonchev–Trinajstić information content (AvgIpc) is 2.62. The Kier molecular flexibility index (Phi) is 7.01. The molecule has 0 fully saturated rings. The van der Waals surface area contributed by atoms with E-state index in [1.165, 1.54) is 0 Å². The molecule has 0 radical (unpaired) electrons. The van der Waals surface area contributed by atoms with E-state index in [-0.39, 0.29) is 30.7 Å². The van der Waals surface area contributed by atoms with Crippen molar-refractivity contribution in [1.29, 1.82) is 0 Å². The minimum atomic E-state index is -0.821. The Morgan fingerprint density at radius 1 is 1.26 bits per heavy atom. The van der Waals surface area contributed by atoms with Gasteiger partial charge in [-0.1, -0.05) is 18.2 Å². The number of esters is 1. The molecule has 0 amide bonds. The van der Waals surface area contributed by atoms with E-state index < -0.39 is 29.7 Å². The number of aromatic hydroxyl groups is 1. The second-order valence-electron chi connectivity index (χ2n) is 6.21. The summed E-state index contributed by atoms with van der Waals surface area (Å²) in [5, 5.41) is 19.6. The van der Waals surface area contributed by atoms with Crippen molar-refractivity contribution in [2.45, 2.75) is 45.8 Å². The second kappa shape index (κ2) is 9.23. The first-order valence-electron chi connectivity index (χ1n) is 8.75. The van der Waals surface area contributed by atoms with E-state index in [0.717, 1.165) is 6.07 Å². The van der Waals surface area contributed by atoms with Gasteiger partial charge < -0.3 is 24.1 Å². The van der Waals surface area contributed by atoms with Gasteiger partial charge in [0, 0.05) is 11.6 Å². The summed E-state index contributed by atoms with van der Waals surface area (Å²) in [6.07, 6.45) is -0.295. The summed E-state index contributed by atoms with van der Waals surface area (Å²) in [4.78, 5) is 24.2. The van der Waals surface area contributed by atoms with Crippen molar-refractivity contribution in [3.8, 4) is 11.5 Å². The van der Waals surface area contributed by atoms with Crippen LogP contribution in [-0.2, 0) is 16.1 Å². The van der Waals surface area contributed by atoms with Gasteiger partial charge in [-0.25, -0.2) is 0 Å². The SMILES string of the molecule is CCOC(=O)CC(c1ccccc1OC(C)C)c1oc(CO)cc(=O)c1O. The predicted octanol–water partition coefficient (Wildman–Crippen LogP) is 2.71. The molecular weight excluding hydrogens is 352 g/mol. The molecule has 7 nitrogen and oxygen atoms in total. The van der Waals surface area contributed by atoms with Crippen LogP contribution in [0.3, 0.4) is 0 Å². The molecule has 1 aromatic carbocycles. The lowest BCUT2D eigenvalue weighted by molar-refractivity contribution is -0.143. The molecule has 2 N–H and O–H groups in total. The fourth-order valence-electron chi connectivity index (χ4n) is 2.73. The summed E-state index contributed by atoms with van der Waals surface area (Å²) in [5.41, 5.74) is -0.135. The fourth-order valence-corrected chi connectivity index (χ4v) is 2.73. The van der Waals surface area contributed by atoms with Crippen LogP contribution in [0.15, 0.2) is 39.5 Å². The highest BCUT2D eigenvalue weighted by Crippen LogP contribution is 2.38. The molecule has 0 aliphatic carbocycles. The molecule has 1 unspecified atom stereocenters. The molecule has 0 aliphatic heterocycles. The summed E-state index contributed by atoms with van der Waals surface area (Å²) in [7, 11) is 0. The highest BCUT2D eigenvalue weighted by atomic mass is 16.5. The zero-order valence-corrected chi connectivity index (χ0v) is 15.6. The van der Waals surface area contributed by atoms with Crippen LogP contribution in [0.25, 0.3) is 0 Å². The van der Waals surface area contributed by atoms with E-state index in [1.54, 1.807) is 31.2 Å². The summed E-state index contributed by atoms with van der Waals surface area (Å²) in [5.74, 6) is -1.57. The van der Waals surface area contributed by atoms with Gasteiger partial charge in [0.1, 0.15) is 18.1 Å². The lowest BCUT2D eigenvalue weighted by atomic mass is 9.91. The third-order valence-electron chi connectivity index (χ3n) is 3.81. The number of rotatable bonds is 8. The number of benzene rings is 1. The third-order valence-corrected chi connectivity index (χ3v) is 3.81. The Morgan fingerprint density at radius 2 is 1.96 bits per heavy atom. The van der Waals surface area contributed by atoms with Crippen molar-refractivity contribution in [2.24, 2.45) is 0 Å². The van der Waals surface area contributed by atoms with Gasteiger partial charge in [-0.3, -0.25) is 9.59 Å². The van der Waals surface area contributed by atoms with Gasteiger partial charge in [0.05, 0.1) is 25.0 Å². The van der Waals surface area contributed by atoms with Gasteiger partial charge in [0.25, 0.3) is 0 Å². The summed E-state index contributed by atoms with van der Waals surface area (Å²) in [6.45, 7) is 5.09. The molecule has 146 valence electrons. The highest BCUT2D eigenvalue weighted by molar-refractivity contribution is 5.71. The zero-order chi connectivity index (χ0) is 20.0. The van der Waals surface area contributed by atoms with Crippen LogP contribution in [0, 0.1) is 0 Å². The quantitative estimate of drug-likeness (QED) is 0.682. The van der Waals surface area contributed by atoms with Crippen LogP contribution in [0.5, 0.6) is 11.5 Å². The number of para-hydroxylation sites is 1. The van der Waals surface area contributed by atoms with Gasteiger partial charge in [0.2, 0.25) is 11.2 Å². The smallest absolute Gasteiger partial charge is 0.306 e. The fraction of sp³-hybridized carbons (Fsp3) is 0.400. The van der Waals surface area contributed by atoms with Crippen molar-refractivity contribution >= 4 is 5.97 Å². The highest BCUT2D eigenvalue weighted by Gasteiger charge is 2.29. The largest absolute Gasteiger partial charge is 0.502 e. The Labute approximate surface area is 157 Å².